The maximum atomic E-state index is 13.8. The van der Waals surface area contributed by atoms with Gasteiger partial charge in [-0.25, -0.2) is 4.79 Å². The molecule has 0 bridgehead atoms. The van der Waals surface area contributed by atoms with Crippen molar-refractivity contribution in [2.24, 2.45) is 5.92 Å². The van der Waals surface area contributed by atoms with Gasteiger partial charge < -0.3 is 20.3 Å². The highest BCUT2D eigenvalue weighted by Crippen LogP contribution is 2.25. The summed E-state index contributed by atoms with van der Waals surface area (Å²) in [7, 11) is 0. The molecular weight excluding hydrogens is 430 g/mol. The van der Waals surface area contributed by atoms with Gasteiger partial charge in [0.15, 0.2) is 0 Å². The third-order valence-corrected chi connectivity index (χ3v) is 4.77. The minimum atomic E-state index is -0.890. The van der Waals surface area contributed by atoms with Crippen molar-refractivity contribution in [1.82, 2.24) is 15.5 Å². The lowest BCUT2D eigenvalue weighted by Gasteiger charge is -2.35. The van der Waals surface area contributed by atoms with Crippen LogP contribution in [0.25, 0.3) is 0 Å². The van der Waals surface area contributed by atoms with E-state index in [2.05, 4.69) is 16.6 Å². The van der Waals surface area contributed by atoms with Gasteiger partial charge in [-0.1, -0.05) is 31.9 Å². The number of nitrogens with zero attached hydrogens (tertiary/aromatic N) is 1. The minimum Gasteiger partial charge on any atom is -0.444 e. The van der Waals surface area contributed by atoms with Gasteiger partial charge in [0.25, 0.3) is 0 Å². The van der Waals surface area contributed by atoms with E-state index in [-0.39, 0.29) is 24.3 Å². The number of amides is 3. The van der Waals surface area contributed by atoms with Crippen LogP contribution in [-0.2, 0) is 14.3 Å². The van der Waals surface area contributed by atoms with E-state index in [1.165, 1.54) is 4.90 Å². The lowest BCUT2D eigenvalue weighted by atomic mass is 9.97. The average Bonchev–Trinajstić information content (AvgIpc) is 2.68. The van der Waals surface area contributed by atoms with Gasteiger partial charge in [-0.2, -0.15) is 0 Å². The second-order valence-electron chi connectivity index (χ2n) is 10.9. The van der Waals surface area contributed by atoms with E-state index in [0.29, 0.717) is 17.5 Å². The van der Waals surface area contributed by atoms with Crippen LogP contribution in [0.15, 0.2) is 24.3 Å². The Morgan fingerprint density at radius 2 is 1.62 bits per heavy atom. The zero-order chi connectivity index (χ0) is 26.3. The van der Waals surface area contributed by atoms with Gasteiger partial charge in [-0.05, 0) is 78.5 Å². The third kappa shape index (κ3) is 9.46. The number of carbonyl (C=O) groups is 3. The monoisotopic (exact) mass is 471 g/mol. The number of hydrogen-bond donors (Lipinski definition) is 2. The zero-order valence-electron chi connectivity index (χ0n) is 22.1. The molecule has 0 spiro atoms. The molecule has 0 aliphatic carbocycles. The summed E-state index contributed by atoms with van der Waals surface area (Å²) in [5.41, 5.74) is 0.116. The summed E-state index contributed by atoms with van der Waals surface area (Å²) in [4.78, 5) is 41.2. The summed E-state index contributed by atoms with van der Waals surface area (Å²) in [6.45, 7) is 16.9. The SMILES string of the molecule is C#Cc1ccc(C(C(=O)NC(C)(C)C)N(CC)C(=O)C(CC(C)C)NC(=O)OC(C)(C)C)cc1. The number of ether oxygens (including phenoxy) is 1. The van der Waals surface area contributed by atoms with Crippen LogP contribution in [0.4, 0.5) is 4.79 Å². The van der Waals surface area contributed by atoms with E-state index in [1.807, 2.05) is 41.5 Å². The predicted octanol–water partition coefficient (Wildman–Crippen LogP) is 4.41. The van der Waals surface area contributed by atoms with Gasteiger partial charge in [-0.15, -0.1) is 6.42 Å². The molecule has 0 aromatic heterocycles. The smallest absolute Gasteiger partial charge is 0.408 e. The summed E-state index contributed by atoms with van der Waals surface area (Å²) in [6, 6.07) is 5.28. The number of nitrogens with one attached hydrogen (secondary N) is 2. The van der Waals surface area contributed by atoms with Crippen molar-refractivity contribution in [3.05, 3.63) is 35.4 Å². The first-order valence-electron chi connectivity index (χ1n) is 11.8. The maximum Gasteiger partial charge on any atom is 0.408 e. The number of terminal acetylenes is 1. The summed E-state index contributed by atoms with van der Waals surface area (Å²) >= 11 is 0. The summed E-state index contributed by atoms with van der Waals surface area (Å²) in [5, 5.41) is 5.70. The Kier molecular flexibility index (Phi) is 10.2. The second-order valence-corrected chi connectivity index (χ2v) is 10.9. The van der Waals surface area contributed by atoms with E-state index in [1.54, 1.807) is 45.0 Å². The fraction of sp³-hybridized carbons (Fsp3) is 0.593. The molecule has 0 saturated carbocycles. The van der Waals surface area contributed by atoms with Gasteiger partial charge in [0, 0.05) is 17.6 Å². The molecule has 7 nitrogen and oxygen atoms in total. The molecular formula is C27H41N3O4. The lowest BCUT2D eigenvalue weighted by molar-refractivity contribution is -0.143. The Bertz CT molecular complexity index is 886. The number of hydrogen-bond acceptors (Lipinski definition) is 4. The number of likely N-dealkylation sites (N-methyl/N-ethyl adjacent to an activating group) is 1. The topological polar surface area (TPSA) is 87.7 Å². The van der Waals surface area contributed by atoms with Crippen LogP contribution in [-0.4, -0.2) is 46.5 Å². The Hall–Kier alpha value is -3.01. The first-order chi connectivity index (χ1) is 15.6. The molecule has 1 aromatic rings. The van der Waals surface area contributed by atoms with Crippen LogP contribution >= 0.6 is 0 Å². The molecule has 7 heteroatoms. The van der Waals surface area contributed by atoms with Crippen molar-refractivity contribution in [3.8, 4) is 12.3 Å². The van der Waals surface area contributed by atoms with Crippen LogP contribution in [0.3, 0.4) is 0 Å². The van der Waals surface area contributed by atoms with E-state index in [0.717, 1.165) is 0 Å². The highest BCUT2D eigenvalue weighted by molar-refractivity contribution is 5.92. The molecule has 34 heavy (non-hydrogen) atoms. The lowest BCUT2D eigenvalue weighted by Crippen LogP contribution is -2.54. The summed E-state index contributed by atoms with van der Waals surface area (Å²) < 4.78 is 5.38. The van der Waals surface area contributed by atoms with Crippen molar-refractivity contribution in [1.29, 1.82) is 0 Å². The first kappa shape index (κ1) is 29.0. The molecule has 0 saturated heterocycles. The fourth-order valence-electron chi connectivity index (χ4n) is 3.48. The molecule has 1 rings (SSSR count). The van der Waals surface area contributed by atoms with Crippen LogP contribution in [0.2, 0.25) is 0 Å². The van der Waals surface area contributed by atoms with Gasteiger partial charge in [0.1, 0.15) is 17.7 Å². The van der Waals surface area contributed by atoms with Gasteiger partial charge >= 0.3 is 6.09 Å². The normalized spacial score (nSPS) is 13.4. The molecule has 0 aliphatic heterocycles. The number of rotatable bonds is 8. The minimum absolute atomic E-state index is 0.124. The molecule has 0 radical (unpaired) electrons. The third-order valence-electron chi connectivity index (χ3n) is 4.77. The highest BCUT2D eigenvalue weighted by atomic mass is 16.6. The predicted molar refractivity (Wildman–Crippen MR) is 135 cm³/mol. The van der Waals surface area contributed by atoms with E-state index in [4.69, 9.17) is 11.2 Å². The molecule has 0 fully saturated rings. The highest BCUT2D eigenvalue weighted by Gasteiger charge is 2.36. The maximum absolute atomic E-state index is 13.8. The largest absolute Gasteiger partial charge is 0.444 e. The van der Waals surface area contributed by atoms with Crippen molar-refractivity contribution >= 4 is 17.9 Å². The van der Waals surface area contributed by atoms with Crippen LogP contribution in [0, 0.1) is 18.3 Å². The molecule has 0 aliphatic rings. The first-order valence-corrected chi connectivity index (χ1v) is 11.8. The zero-order valence-corrected chi connectivity index (χ0v) is 22.1. The Morgan fingerprint density at radius 3 is 2.03 bits per heavy atom. The van der Waals surface area contributed by atoms with Crippen LogP contribution < -0.4 is 10.6 Å². The molecule has 3 amide bonds. The van der Waals surface area contributed by atoms with E-state index < -0.39 is 29.3 Å². The molecule has 2 N–H and O–H groups in total. The number of benzene rings is 1. The second kappa shape index (κ2) is 11.9. The molecule has 0 heterocycles. The fourth-order valence-corrected chi connectivity index (χ4v) is 3.48. The van der Waals surface area contributed by atoms with Crippen molar-refractivity contribution in [3.63, 3.8) is 0 Å². The molecule has 1 aromatic carbocycles. The average molecular weight is 472 g/mol. The number of alkyl carbamates (subject to hydrolysis) is 1. The van der Waals surface area contributed by atoms with Gasteiger partial charge in [-0.3, -0.25) is 9.59 Å². The van der Waals surface area contributed by atoms with E-state index in [9.17, 15) is 14.4 Å². The summed E-state index contributed by atoms with van der Waals surface area (Å²) in [5.74, 6) is 2.03. The summed E-state index contributed by atoms with van der Waals surface area (Å²) in [6.07, 6.45) is 5.21. The quantitative estimate of drug-likeness (QED) is 0.550. The van der Waals surface area contributed by atoms with Crippen LogP contribution in [0.1, 0.15) is 85.9 Å². The Morgan fingerprint density at radius 1 is 1.06 bits per heavy atom. The Labute approximate surface area is 205 Å². The van der Waals surface area contributed by atoms with Gasteiger partial charge in [0.2, 0.25) is 11.8 Å². The van der Waals surface area contributed by atoms with Crippen LogP contribution in [0.5, 0.6) is 0 Å². The molecule has 188 valence electrons. The standard InChI is InChI=1S/C27H41N3O4/c1-11-19-13-15-20(16-14-19)22(23(31)29-26(5,6)7)30(12-2)24(32)21(17-18(3)4)28-25(33)34-27(8,9)10/h1,13-16,18,21-22H,12,17H2,2-10H3,(H,28,33)(H,29,31). The Balaban J connectivity index is 3.40. The van der Waals surface area contributed by atoms with E-state index >= 15 is 0 Å². The molecule has 2 unspecified atom stereocenters. The van der Waals surface area contributed by atoms with Crippen molar-refractivity contribution in [2.75, 3.05) is 6.54 Å². The number of carbonyl (C=O) groups excluding carboxylic acids is 3. The molecule has 2 atom stereocenters. The van der Waals surface area contributed by atoms with Crippen molar-refractivity contribution in [2.45, 2.75) is 92.0 Å². The van der Waals surface area contributed by atoms with Gasteiger partial charge in [0.05, 0.1) is 0 Å². The van der Waals surface area contributed by atoms with Crippen molar-refractivity contribution < 1.29 is 19.1 Å².